The summed E-state index contributed by atoms with van der Waals surface area (Å²) in [6, 6.07) is 15.6. The summed E-state index contributed by atoms with van der Waals surface area (Å²) in [6.45, 7) is 1.29. The molecule has 2 rings (SSSR count). The number of nitrogens with zero attached hydrogens (tertiary/aromatic N) is 2. The number of rotatable bonds is 12. The molecular formula is C26H40N4O8. The summed E-state index contributed by atoms with van der Waals surface area (Å²) in [7, 11) is 10.3. The molecule has 2 aromatic carbocycles. The van der Waals surface area contributed by atoms with Gasteiger partial charge in [0.05, 0.1) is 26.4 Å². The van der Waals surface area contributed by atoms with Gasteiger partial charge in [0.2, 0.25) is 0 Å². The molecule has 212 valence electrons. The summed E-state index contributed by atoms with van der Waals surface area (Å²) < 4.78 is 21.0. The van der Waals surface area contributed by atoms with Crippen LogP contribution in [0.15, 0.2) is 60.7 Å². The fourth-order valence-corrected chi connectivity index (χ4v) is 2.98. The number of carboxylic acids is 2. The maximum Gasteiger partial charge on any atom is 0.328 e. The van der Waals surface area contributed by atoms with Crippen LogP contribution in [-0.4, -0.2) is 87.8 Å². The van der Waals surface area contributed by atoms with Crippen molar-refractivity contribution in [3.05, 3.63) is 71.8 Å². The maximum atomic E-state index is 9.55. The van der Waals surface area contributed by atoms with Gasteiger partial charge in [-0.15, -0.1) is 0 Å². The van der Waals surface area contributed by atoms with Gasteiger partial charge in [0.1, 0.15) is 11.5 Å². The minimum Gasteiger partial charge on any atom is -0.497 e. The summed E-state index contributed by atoms with van der Waals surface area (Å²) in [4.78, 5) is 19.1. The molecule has 6 N–H and O–H groups in total. The minimum absolute atomic E-state index is 0.0323. The average molecular weight is 537 g/mol. The van der Waals surface area contributed by atoms with Gasteiger partial charge in [-0.1, -0.05) is 24.3 Å². The lowest BCUT2D eigenvalue weighted by atomic mass is 10.1. The first kappa shape index (κ1) is 34.5. The number of ether oxygens (including phenoxy) is 4. The second-order valence-electron chi connectivity index (χ2n) is 7.89. The molecule has 0 aromatic heterocycles. The molecule has 38 heavy (non-hydrogen) atoms. The Morgan fingerprint density at radius 2 is 1.11 bits per heavy atom. The first-order chi connectivity index (χ1) is 18.0. The molecular weight excluding hydrogens is 496 g/mol. The van der Waals surface area contributed by atoms with Crippen LogP contribution in [0.5, 0.6) is 11.5 Å². The Bertz CT molecular complexity index is 908. The molecule has 2 unspecified atom stereocenters. The molecule has 0 amide bonds. The average Bonchev–Trinajstić information content (AvgIpc) is 2.89. The van der Waals surface area contributed by atoms with Gasteiger partial charge in [-0.05, 0) is 35.4 Å². The van der Waals surface area contributed by atoms with E-state index >= 15 is 0 Å². The fourth-order valence-electron chi connectivity index (χ4n) is 2.98. The van der Waals surface area contributed by atoms with Crippen LogP contribution in [0.3, 0.4) is 0 Å². The van der Waals surface area contributed by atoms with Crippen LogP contribution in [0.25, 0.3) is 0 Å². The molecule has 2 aromatic rings. The van der Waals surface area contributed by atoms with Gasteiger partial charge in [0.15, 0.2) is 0 Å². The lowest BCUT2D eigenvalue weighted by Gasteiger charge is -2.20. The summed E-state index contributed by atoms with van der Waals surface area (Å²) in [5.74, 6) is 10.3. The second-order valence-corrected chi connectivity index (χ2v) is 7.89. The Kier molecular flexibility index (Phi) is 17.8. The van der Waals surface area contributed by atoms with Gasteiger partial charge in [0.25, 0.3) is 0 Å². The molecule has 0 aliphatic carbocycles. The summed E-state index contributed by atoms with van der Waals surface area (Å²) >= 11 is 0. The third-order valence-electron chi connectivity index (χ3n) is 4.78. The standard InChI is InChI=1S/2C11H18N2O2.C4H4O4/c2*1-13(12)8-11(15-3)9-5-4-6-10(7-9)14-2;5-3(6)1-2-4(7)8/h2*4-7,11H,8,12H2,1-3H3;1-2H,(H,5,6)(H,7,8)/b;;2-1+. The number of carboxylic acid groups (broad SMARTS) is 2. The van der Waals surface area contributed by atoms with Gasteiger partial charge < -0.3 is 29.2 Å². The molecule has 0 saturated carbocycles. The molecule has 0 saturated heterocycles. The summed E-state index contributed by atoms with van der Waals surface area (Å²) in [6.07, 6.45) is 1.05. The highest BCUT2D eigenvalue weighted by atomic mass is 16.5. The van der Waals surface area contributed by atoms with E-state index in [1.54, 1.807) is 38.5 Å². The third kappa shape index (κ3) is 15.6. The van der Waals surface area contributed by atoms with E-state index in [0.717, 1.165) is 22.6 Å². The first-order valence-electron chi connectivity index (χ1n) is 11.4. The van der Waals surface area contributed by atoms with Crippen molar-refractivity contribution in [3.8, 4) is 11.5 Å². The molecule has 0 aliphatic heterocycles. The number of benzene rings is 2. The Hall–Kier alpha value is -3.52. The lowest BCUT2D eigenvalue weighted by molar-refractivity contribution is -0.134. The number of carbonyl (C=O) groups is 2. The van der Waals surface area contributed by atoms with Crippen molar-refractivity contribution in [2.24, 2.45) is 11.7 Å². The van der Waals surface area contributed by atoms with Gasteiger partial charge in [-0.3, -0.25) is 11.7 Å². The van der Waals surface area contributed by atoms with Crippen molar-refractivity contribution in [2.75, 3.05) is 55.6 Å². The fraction of sp³-hybridized carbons (Fsp3) is 0.385. The minimum atomic E-state index is -1.26. The maximum absolute atomic E-state index is 9.55. The van der Waals surface area contributed by atoms with Crippen LogP contribution in [0.1, 0.15) is 23.3 Å². The molecule has 12 nitrogen and oxygen atoms in total. The number of nitrogens with two attached hydrogens (primary N) is 2. The molecule has 2 atom stereocenters. The molecule has 0 fully saturated rings. The number of hydrogen-bond donors (Lipinski definition) is 4. The van der Waals surface area contributed by atoms with Crippen LogP contribution in [0.4, 0.5) is 0 Å². The highest BCUT2D eigenvalue weighted by Crippen LogP contribution is 2.22. The Labute approximate surface area is 223 Å². The third-order valence-corrected chi connectivity index (χ3v) is 4.78. The summed E-state index contributed by atoms with van der Waals surface area (Å²) in [5.41, 5.74) is 2.13. The molecule has 0 aliphatic rings. The van der Waals surface area contributed by atoms with E-state index in [2.05, 4.69) is 0 Å². The van der Waals surface area contributed by atoms with Crippen LogP contribution < -0.4 is 21.2 Å². The van der Waals surface area contributed by atoms with E-state index in [1.165, 1.54) is 0 Å². The van der Waals surface area contributed by atoms with E-state index in [-0.39, 0.29) is 12.2 Å². The SMILES string of the molecule is COc1cccc(C(CN(C)N)OC)c1.COc1cccc(C(CN(C)N)OC)c1.O=C(O)/C=C/C(=O)O. The molecule has 12 heteroatoms. The number of aliphatic carboxylic acids is 2. The Morgan fingerprint density at radius 3 is 1.34 bits per heavy atom. The largest absolute Gasteiger partial charge is 0.497 e. The predicted octanol–water partition coefficient (Wildman–Crippen LogP) is 2.09. The first-order valence-corrected chi connectivity index (χ1v) is 11.4. The normalized spacial score (nSPS) is 12.2. The van der Waals surface area contributed by atoms with E-state index in [0.29, 0.717) is 25.2 Å². The molecule has 0 bridgehead atoms. The number of likely N-dealkylation sites (N-methyl/N-ethyl adjacent to an activating group) is 2. The number of methoxy groups -OCH3 is 4. The van der Waals surface area contributed by atoms with Gasteiger partial charge in [-0.2, -0.15) is 0 Å². The zero-order valence-corrected chi connectivity index (χ0v) is 22.7. The highest BCUT2D eigenvalue weighted by molar-refractivity contribution is 5.89. The van der Waals surface area contributed by atoms with Crippen molar-refractivity contribution < 1.29 is 38.7 Å². The van der Waals surface area contributed by atoms with Crippen molar-refractivity contribution >= 4 is 11.9 Å². The monoisotopic (exact) mass is 536 g/mol. The van der Waals surface area contributed by atoms with Crippen molar-refractivity contribution in [2.45, 2.75) is 12.2 Å². The topological polar surface area (TPSA) is 170 Å². The smallest absolute Gasteiger partial charge is 0.328 e. The Morgan fingerprint density at radius 1 is 0.763 bits per heavy atom. The van der Waals surface area contributed by atoms with Crippen molar-refractivity contribution in [3.63, 3.8) is 0 Å². The van der Waals surface area contributed by atoms with E-state index in [1.807, 2.05) is 62.6 Å². The van der Waals surface area contributed by atoms with Crippen molar-refractivity contribution in [1.82, 2.24) is 10.0 Å². The zero-order chi connectivity index (χ0) is 29.1. The van der Waals surface area contributed by atoms with E-state index < -0.39 is 11.9 Å². The zero-order valence-electron chi connectivity index (χ0n) is 22.7. The lowest BCUT2D eigenvalue weighted by Crippen LogP contribution is -2.31. The highest BCUT2D eigenvalue weighted by Gasteiger charge is 2.13. The van der Waals surface area contributed by atoms with E-state index in [4.69, 9.17) is 40.8 Å². The van der Waals surface area contributed by atoms with Crippen LogP contribution in [0.2, 0.25) is 0 Å². The second kappa shape index (κ2) is 19.6. The predicted molar refractivity (Wildman–Crippen MR) is 144 cm³/mol. The van der Waals surface area contributed by atoms with Crippen LogP contribution >= 0.6 is 0 Å². The molecule has 0 radical (unpaired) electrons. The number of hydrazine groups is 2. The van der Waals surface area contributed by atoms with E-state index in [9.17, 15) is 9.59 Å². The molecule has 0 heterocycles. The van der Waals surface area contributed by atoms with Gasteiger partial charge in [0, 0.05) is 53.6 Å². The Balaban J connectivity index is 0.000000569. The van der Waals surface area contributed by atoms with Crippen LogP contribution in [0, 0.1) is 0 Å². The quantitative estimate of drug-likeness (QED) is 0.177. The van der Waals surface area contributed by atoms with Gasteiger partial charge >= 0.3 is 11.9 Å². The van der Waals surface area contributed by atoms with Gasteiger partial charge in [-0.25, -0.2) is 19.6 Å². The molecule has 0 spiro atoms. The van der Waals surface area contributed by atoms with Crippen LogP contribution in [-0.2, 0) is 19.1 Å². The summed E-state index contributed by atoms with van der Waals surface area (Å²) in [5, 5.41) is 18.8. The van der Waals surface area contributed by atoms with Crippen molar-refractivity contribution in [1.29, 1.82) is 0 Å². The number of hydrogen-bond acceptors (Lipinski definition) is 10.